The number of carbonyl (C=O) groups is 1. The van der Waals surface area contributed by atoms with E-state index in [0.717, 1.165) is 6.07 Å². The number of phenols is 1. The van der Waals surface area contributed by atoms with Gasteiger partial charge in [-0.3, -0.25) is 4.79 Å². The molecule has 0 bridgehead atoms. The zero-order valence-electron chi connectivity index (χ0n) is 9.31. The van der Waals surface area contributed by atoms with E-state index in [1.54, 1.807) is 0 Å². The first kappa shape index (κ1) is 13.4. The highest BCUT2D eigenvalue weighted by molar-refractivity contribution is 5.94. The van der Waals surface area contributed by atoms with Gasteiger partial charge in [-0.15, -0.1) is 0 Å². The largest absolute Gasteiger partial charge is 0.508 e. The normalized spacial score (nSPS) is 12.2. The smallest absolute Gasteiger partial charge is 0.254 e. The second-order valence-electron chi connectivity index (χ2n) is 3.47. The van der Waals surface area contributed by atoms with Gasteiger partial charge >= 0.3 is 0 Å². The van der Waals surface area contributed by atoms with Gasteiger partial charge in [0.2, 0.25) is 0 Å². The number of hydrogen-bond acceptors (Lipinski definition) is 4. The molecule has 0 radical (unpaired) electrons. The summed E-state index contributed by atoms with van der Waals surface area (Å²) in [6.45, 7) is -0.179. The van der Waals surface area contributed by atoms with Crippen LogP contribution < -0.4 is 5.32 Å². The van der Waals surface area contributed by atoms with Crippen molar-refractivity contribution in [3.8, 4) is 5.75 Å². The number of ether oxygens (including phenoxy) is 1. The molecule has 0 aliphatic rings. The van der Waals surface area contributed by atoms with E-state index >= 15 is 0 Å². The fourth-order valence-corrected chi connectivity index (χ4v) is 1.29. The van der Waals surface area contributed by atoms with Crippen LogP contribution in [-0.2, 0) is 4.74 Å². The van der Waals surface area contributed by atoms with E-state index in [1.165, 1.54) is 19.2 Å². The Balaban J connectivity index is 2.75. The molecule has 0 saturated carbocycles. The average Bonchev–Trinajstić information content (AvgIpc) is 2.28. The maximum Gasteiger partial charge on any atom is 0.254 e. The number of carbonyl (C=O) groups excluding carboxylic acids is 1. The third-order valence-electron chi connectivity index (χ3n) is 2.12. The first-order valence-electron chi connectivity index (χ1n) is 4.97. The Morgan fingerprint density at radius 1 is 1.59 bits per heavy atom. The van der Waals surface area contributed by atoms with Crippen LogP contribution in [0.5, 0.6) is 5.75 Å². The lowest BCUT2D eigenvalue weighted by molar-refractivity contribution is 0.0836. The Labute approximate surface area is 97.8 Å². The van der Waals surface area contributed by atoms with Gasteiger partial charge in [0.25, 0.3) is 5.91 Å². The second-order valence-corrected chi connectivity index (χ2v) is 3.47. The summed E-state index contributed by atoms with van der Waals surface area (Å²) in [5.74, 6) is -1.75. The molecule has 6 heteroatoms. The minimum Gasteiger partial charge on any atom is -0.508 e. The number of amides is 1. The van der Waals surface area contributed by atoms with Gasteiger partial charge in [0.15, 0.2) is 0 Å². The van der Waals surface area contributed by atoms with Gasteiger partial charge in [-0.1, -0.05) is 0 Å². The number of aliphatic hydroxyl groups is 1. The summed E-state index contributed by atoms with van der Waals surface area (Å²) in [4.78, 5) is 11.6. The molecule has 0 spiro atoms. The molecule has 0 heterocycles. The van der Waals surface area contributed by atoms with Crippen molar-refractivity contribution in [1.29, 1.82) is 0 Å². The van der Waals surface area contributed by atoms with Crippen molar-refractivity contribution in [1.82, 2.24) is 5.32 Å². The molecule has 1 unspecified atom stereocenters. The zero-order chi connectivity index (χ0) is 12.8. The van der Waals surface area contributed by atoms with Crippen molar-refractivity contribution >= 4 is 5.91 Å². The highest BCUT2D eigenvalue weighted by Crippen LogP contribution is 2.14. The molecule has 0 saturated heterocycles. The Morgan fingerprint density at radius 3 is 2.82 bits per heavy atom. The average molecular weight is 243 g/mol. The monoisotopic (exact) mass is 243 g/mol. The van der Waals surface area contributed by atoms with Gasteiger partial charge in [-0.2, -0.15) is 0 Å². The van der Waals surface area contributed by atoms with Crippen LogP contribution in [-0.4, -0.2) is 42.5 Å². The summed E-state index contributed by atoms with van der Waals surface area (Å²) in [6, 6.07) is 2.63. The molecule has 1 amide bonds. The number of methoxy groups -OCH3 is 1. The zero-order valence-corrected chi connectivity index (χ0v) is 9.31. The fraction of sp³-hybridized carbons (Fsp3) is 0.364. The quantitative estimate of drug-likeness (QED) is 0.693. The van der Waals surface area contributed by atoms with Gasteiger partial charge in [-0.05, 0) is 12.1 Å². The molecular formula is C11H14FNO4. The van der Waals surface area contributed by atoms with Crippen molar-refractivity contribution in [2.45, 2.75) is 6.04 Å². The van der Waals surface area contributed by atoms with E-state index < -0.39 is 17.8 Å². The molecule has 94 valence electrons. The van der Waals surface area contributed by atoms with E-state index in [1.807, 2.05) is 0 Å². The molecule has 1 atom stereocenters. The summed E-state index contributed by atoms with van der Waals surface area (Å²) in [5, 5.41) is 20.3. The number of phenolic OH excluding ortho intramolecular Hbond substituents is 1. The summed E-state index contributed by atoms with van der Waals surface area (Å²) in [7, 11) is 1.43. The third kappa shape index (κ3) is 3.69. The number of aromatic hydroxyl groups is 1. The number of nitrogens with one attached hydrogen (secondary N) is 1. The maximum atomic E-state index is 13.3. The topological polar surface area (TPSA) is 78.8 Å². The molecule has 0 fully saturated rings. The van der Waals surface area contributed by atoms with Crippen molar-refractivity contribution in [3.63, 3.8) is 0 Å². The van der Waals surface area contributed by atoms with Gasteiger partial charge in [0.1, 0.15) is 11.6 Å². The Bertz CT molecular complexity index is 397. The molecule has 5 nitrogen and oxygen atoms in total. The Hall–Kier alpha value is -1.66. The van der Waals surface area contributed by atoms with Crippen LogP contribution >= 0.6 is 0 Å². The minimum absolute atomic E-state index is 0.127. The van der Waals surface area contributed by atoms with Crippen LogP contribution in [0.1, 0.15) is 10.4 Å². The lowest BCUT2D eigenvalue weighted by Crippen LogP contribution is -2.40. The van der Waals surface area contributed by atoms with Crippen molar-refractivity contribution in [2.24, 2.45) is 0 Å². The van der Waals surface area contributed by atoms with Gasteiger partial charge in [-0.25, -0.2) is 4.39 Å². The number of halogens is 1. The molecule has 0 aliphatic heterocycles. The summed E-state index contributed by atoms with van der Waals surface area (Å²) < 4.78 is 18.1. The van der Waals surface area contributed by atoms with E-state index in [4.69, 9.17) is 14.9 Å². The van der Waals surface area contributed by atoms with Crippen molar-refractivity contribution in [3.05, 3.63) is 29.6 Å². The number of hydrogen-bond donors (Lipinski definition) is 3. The van der Waals surface area contributed by atoms with Crippen LogP contribution in [0.4, 0.5) is 4.39 Å². The first-order valence-corrected chi connectivity index (χ1v) is 4.97. The van der Waals surface area contributed by atoms with Gasteiger partial charge < -0.3 is 20.3 Å². The van der Waals surface area contributed by atoms with E-state index in [-0.39, 0.29) is 24.5 Å². The molecule has 0 aromatic heterocycles. The van der Waals surface area contributed by atoms with Gasteiger partial charge in [0, 0.05) is 13.2 Å². The molecule has 17 heavy (non-hydrogen) atoms. The van der Waals surface area contributed by atoms with Crippen LogP contribution in [0.15, 0.2) is 18.2 Å². The van der Waals surface area contributed by atoms with E-state index in [9.17, 15) is 9.18 Å². The summed E-state index contributed by atoms with van der Waals surface area (Å²) in [6.07, 6.45) is 0. The van der Waals surface area contributed by atoms with Crippen LogP contribution in [0, 0.1) is 5.82 Å². The predicted octanol–water partition coefficient (Wildman–Crippen LogP) is 0.268. The number of benzene rings is 1. The number of rotatable bonds is 5. The SMILES string of the molecule is COCC(CO)NC(=O)c1ccc(O)cc1F. The highest BCUT2D eigenvalue weighted by atomic mass is 19.1. The molecule has 3 N–H and O–H groups in total. The predicted molar refractivity (Wildman–Crippen MR) is 58.3 cm³/mol. The van der Waals surface area contributed by atoms with Crippen LogP contribution in [0.25, 0.3) is 0 Å². The lowest BCUT2D eigenvalue weighted by Gasteiger charge is -2.15. The summed E-state index contributed by atoms with van der Waals surface area (Å²) >= 11 is 0. The van der Waals surface area contributed by atoms with E-state index in [2.05, 4.69) is 5.32 Å². The molecule has 1 rings (SSSR count). The van der Waals surface area contributed by atoms with Gasteiger partial charge in [0.05, 0.1) is 24.8 Å². The fourth-order valence-electron chi connectivity index (χ4n) is 1.29. The molecule has 0 aliphatic carbocycles. The van der Waals surface area contributed by atoms with Crippen molar-refractivity contribution in [2.75, 3.05) is 20.3 Å². The summed E-state index contributed by atoms with van der Waals surface area (Å²) in [5.41, 5.74) is -0.197. The Morgan fingerprint density at radius 2 is 2.29 bits per heavy atom. The number of aliphatic hydroxyl groups excluding tert-OH is 1. The third-order valence-corrected chi connectivity index (χ3v) is 2.12. The highest BCUT2D eigenvalue weighted by Gasteiger charge is 2.16. The van der Waals surface area contributed by atoms with Crippen LogP contribution in [0.2, 0.25) is 0 Å². The molecule has 1 aromatic rings. The van der Waals surface area contributed by atoms with Crippen molar-refractivity contribution < 1.29 is 24.1 Å². The maximum absolute atomic E-state index is 13.3. The lowest BCUT2D eigenvalue weighted by atomic mass is 10.1. The second kappa shape index (κ2) is 6.17. The Kier molecular flexibility index (Phi) is 4.86. The minimum atomic E-state index is -0.823. The molecular weight excluding hydrogens is 229 g/mol. The van der Waals surface area contributed by atoms with Crippen LogP contribution in [0.3, 0.4) is 0 Å². The first-order chi connectivity index (χ1) is 8.08. The van der Waals surface area contributed by atoms with E-state index in [0.29, 0.717) is 0 Å². The standard InChI is InChI=1S/C11H14FNO4/c1-17-6-7(5-14)13-11(16)9-3-2-8(15)4-10(9)12/h2-4,7,14-15H,5-6H2,1H3,(H,13,16). The molecule has 1 aromatic carbocycles.